The number of anilines is 1. The van der Waals surface area contributed by atoms with Gasteiger partial charge in [0.05, 0.1) is 28.9 Å². The van der Waals surface area contributed by atoms with Gasteiger partial charge in [0.1, 0.15) is 0 Å². The van der Waals surface area contributed by atoms with Crippen LogP contribution in [0.3, 0.4) is 0 Å². The Morgan fingerprint density at radius 3 is 2.77 bits per heavy atom. The van der Waals surface area contributed by atoms with Crippen molar-refractivity contribution >= 4 is 17.3 Å². The van der Waals surface area contributed by atoms with Gasteiger partial charge in [0, 0.05) is 24.9 Å². The molecule has 2 aromatic carbocycles. The molecular weight excluding hydrogens is 332 g/mol. The summed E-state index contributed by atoms with van der Waals surface area (Å²) in [5, 5.41) is 15.3. The van der Waals surface area contributed by atoms with Gasteiger partial charge in [-0.25, -0.2) is 4.68 Å². The minimum Gasteiger partial charge on any atom is -0.311 e. The second-order valence-electron chi connectivity index (χ2n) is 6.17. The quantitative estimate of drug-likeness (QED) is 0.536. The number of fused-ring (bicyclic) bond motifs is 1. The van der Waals surface area contributed by atoms with E-state index >= 15 is 0 Å². The maximum absolute atomic E-state index is 12.7. The van der Waals surface area contributed by atoms with E-state index in [2.05, 4.69) is 5.10 Å². The number of nitro groups is 1. The SMILES string of the molecule is O=C(Cc1cnn(-c2ccccc2)c1)N1CCc2ccc([N+](=O)[O-])cc21. The van der Waals surface area contributed by atoms with Crippen LogP contribution in [0.1, 0.15) is 11.1 Å². The van der Waals surface area contributed by atoms with Crippen molar-refractivity contribution in [1.29, 1.82) is 0 Å². The smallest absolute Gasteiger partial charge is 0.271 e. The lowest BCUT2D eigenvalue weighted by molar-refractivity contribution is -0.384. The Morgan fingerprint density at radius 2 is 2.00 bits per heavy atom. The van der Waals surface area contributed by atoms with E-state index in [-0.39, 0.29) is 18.0 Å². The first-order valence-corrected chi connectivity index (χ1v) is 8.28. The third-order valence-electron chi connectivity index (χ3n) is 4.49. The van der Waals surface area contributed by atoms with E-state index in [0.717, 1.165) is 16.8 Å². The van der Waals surface area contributed by atoms with Crippen molar-refractivity contribution in [1.82, 2.24) is 9.78 Å². The molecule has 0 fully saturated rings. The number of benzene rings is 2. The van der Waals surface area contributed by atoms with E-state index in [1.165, 1.54) is 12.1 Å². The molecule has 1 amide bonds. The fraction of sp³-hybridized carbons (Fsp3) is 0.158. The van der Waals surface area contributed by atoms with Crippen molar-refractivity contribution in [2.45, 2.75) is 12.8 Å². The van der Waals surface area contributed by atoms with Crippen LogP contribution in [0.5, 0.6) is 0 Å². The number of aromatic nitrogens is 2. The van der Waals surface area contributed by atoms with Crippen LogP contribution in [0.2, 0.25) is 0 Å². The predicted octanol–water partition coefficient (Wildman–Crippen LogP) is 2.91. The summed E-state index contributed by atoms with van der Waals surface area (Å²) < 4.78 is 1.73. The number of hydrogen-bond donors (Lipinski definition) is 0. The average Bonchev–Trinajstić information content (AvgIpc) is 3.28. The summed E-state index contributed by atoms with van der Waals surface area (Å²) in [6, 6.07) is 14.4. The molecule has 26 heavy (non-hydrogen) atoms. The normalized spacial score (nSPS) is 12.8. The molecule has 7 heteroatoms. The van der Waals surface area contributed by atoms with Crippen LogP contribution in [0.15, 0.2) is 60.9 Å². The van der Waals surface area contributed by atoms with Crippen LogP contribution in [-0.2, 0) is 17.6 Å². The zero-order valence-corrected chi connectivity index (χ0v) is 13.9. The van der Waals surface area contributed by atoms with Gasteiger partial charge in [0.25, 0.3) is 5.69 Å². The van der Waals surface area contributed by atoms with Crippen molar-refractivity contribution in [2.24, 2.45) is 0 Å². The summed E-state index contributed by atoms with van der Waals surface area (Å²) >= 11 is 0. The Hall–Kier alpha value is -3.48. The van der Waals surface area contributed by atoms with E-state index in [9.17, 15) is 14.9 Å². The average molecular weight is 348 g/mol. The Kier molecular flexibility index (Phi) is 3.96. The van der Waals surface area contributed by atoms with Crippen LogP contribution in [0.4, 0.5) is 11.4 Å². The second kappa shape index (κ2) is 6.44. The number of carbonyl (C=O) groups excluding carboxylic acids is 1. The molecule has 1 aromatic heterocycles. The van der Waals surface area contributed by atoms with Crippen molar-refractivity contribution in [3.05, 3.63) is 82.2 Å². The lowest BCUT2D eigenvalue weighted by Gasteiger charge is -2.16. The van der Waals surface area contributed by atoms with E-state index in [1.54, 1.807) is 21.8 Å². The summed E-state index contributed by atoms with van der Waals surface area (Å²) in [6.07, 6.45) is 4.42. The zero-order valence-electron chi connectivity index (χ0n) is 13.9. The number of carbonyl (C=O) groups is 1. The minimum absolute atomic E-state index is 0.000321. The first kappa shape index (κ1) is 16.0. The summed E-state index contributed by atoms with van der Waals surface area (Å²) in [7, 11) is 0. The highest BCUT2D eigenvalue weighted by atomic mass is 16.6. The molecule has 1 aliphatic rings. The van der Waals surface area contributed by atoms with Crippen LogP contribution in [0, 0.1) is 10.1 Å². The molecule has 0 saturated carbocycles. The Bertz CT molecular complexity index is 981. The molecule has 3 aromatic rings. The van der Waals surface area contributed by atoms with E-state index in [4.69, 9.17) is 0 Å². The molecule has 0 spiro atoms. The highest BCUT2D eigenvalue weighted by Gasteiger charge is 2.26. The Balaban J connectivity index is 1.53. The molecule has 0 saturated heterocycles. The van der Waals surface area contributed by atoms with E-state index in [0.29, 0.717) is 18.7 Å². The van der Waals surface area contributed by atoms with Crippen molar-refractivity contribution in [2.75, 3.05) is 11.4 Å². The molecule has 0 bridgehead atoms. The summed E-state index contributed by atoms with van der Waals surface area (Å²) in [4.78, 5) is 24.9. The van der Waals surface area contributed by atoms with Gasteiger partial charge in [-0.2, -0.15) is 5.10 Å². The van der Waals surface area contributed by atoms with Crippen molar-refractivity contribution < 1.29 is 9.72 Å². The van der Waals surface area contributed by atoms with Crippen molar-refractivity contribution in [3.8, 4) is 5.69 Å². The summed E-state index contributed by atoms with van der Waals surface area (Å²) in [6.45, 7) is 0.544. The van der Waals surface area contributed by atoms with Crippen LogP contribution < -0.4 is 4.90 Å². The van der Waals surface area contributed by atoms with E-state index < -0.39 is 4.92 Å². The van der Waals surface area contributed by atoms with Crippen LogP contribution in [-0.4, -0.2) is 27.2 Å². The van der Waals surface area contributed by atoms with Crippen molar-refractivity contribution in [3.63, 3.8) is 0 Å². The van der Waals surface area contributed by atoms with E-state index in [1.807, 2.05) is 36.5 Å². The van der Waals surface area contributed by atoms with Gasteiger partial charge in [-0.05, 0) is 29.7 Å². The fourth-order valence-corrected chi connectivity index (χ4v) is 3.18. The number of non-ortho nitro benzene ring substituents is 1. The lowest BCUT2D eigenvalue weighted by Crippen LogP contribution is -2.30. The largest absolute Gasteiger partial charge is 0.311 e. The lowest BCUT2D eigenvalue weighted by atomic mass is 10.1. The molecule has 7 nitrogen and oxygen atoms in total. The Labute approximate surface area is 149 Å². The number of nitro benzene ring substituents is 1. The first-order valence-electron chi connectivity index (χ1n) is 8.28. The fourth-order valence-electron chi connectivity index (χ4n) is 3.18. The van der Waals surface area contributed by atoms with Gasteiger partial charge in [-0.3, -0.25) is 14.9 Å². The molecule has 0 aliphatic carbocycles. The molecule has 0 unspecified atom stereocenters. The molecule has 0 atom stereocenters. The monoisotopic (exact) mass is 348 g/mol. The third kappa shape index (κ3) is 2.95. The molecule has 2 heterocycles. The first-order chi connectivity index (χ1) is 12.6. The highest BCUT2D eigenvalue weighted by Crippen LogP contribution is 2.32. The summed E-state index contributed by atoms with van der Waals surface area (Å²) in [5.74, 6) is -0.0862. The Morgan fingerprint density at radius 1 is 1.19 bits per heavy atom. The van der Waals surface area contributed by atoms with Gasteiger partial charge in [-0.1, -0.05) is 24.3 Å². The number of amides is 1. The van der Waals surface area contributed by atoms with Gasteiger partial charge >= 0.3 is 0 Å². The molecule has 130 valence electrons. The standard InChI is InChI=1S/C19H16N4O3/c24-19(10-14-12-20-22(13-14)16-4-2-1-3-5-16)21-9-8-15-6-7-17(23(25)26)11-18(15)21/h1-7,11-13H,8-10H2. The van der Waals surface area contributed by atoms with Gasteiger partial charge in [-0.15, -0.1) is 0 Å². The molecule has 4 rings (SSSR count). The molecule has 1 aliphatic heterocycles. The number of nitrogens with zero attached hydrogens (tertiary/aromatic N) is 4. The number of rotatable bonds is 4. The predicted molar refractivity (Wildman–Crippen MR) is 96.4 cm³/mol. The van der Waals surface area contributed by atoms with Crippen LogP contribution >= 0.6 is 0 Å². The maximum Gasteiger partial charge on any atom is 0.271 e. The summed E-state index contributed by atoms with van der Waals surface area (Å²) in [5.41, 5.74) is 3.33. The minimum atomic E-state index is -0.439. The second-order valence-corrected chi connectivity index (χ2v) is 6.17. The maximum atomic E-state index is 12.7. The number of para-hydroxylation sites is 1. The highest BCUT2D eigenvalue weighted by molar-refractivity contribution is 5.97. The number of hydrogen-bond acceptors (Lipinski definition) is 4. The molecule has 0 N–H and O–H groups in total. The molecule has 0 radical (unpaired) electrons. The van der Waals surface area contributed by atoms with Gasteiger partial charge in [0.2, 0.25) is 5.91 Å². The third-order valence-corrected chi connectivity index (χ3v) is 4.49. The molecular formula is C19H16N4O3. The van der Waals surface area contributed by atoms with Gasteiger partial charge < -0.3 is 4.90 Å². The topological polar surface area (TPSA) is 81.3 Å². The zero-order chi connectivity index (χ0) is 18.1. The van der Waals surface area contributed by atoms with Gasteiger partial charge in [0.15, 0.2) is 0 Å². The van der Waals surface area contributed by atoms with Crippen LogP contribution in [0.25, 0.3) is 5.69 Å².